The van der Waals surface area contributed by atoms with Crippen LogP contribution in [0.5, 0.6) is 0 Å². The molecule has 7 heteroatoms. The number of hydrogen-bond acceptors (Lipinski definition) is 6. The van der Waals surface area contributed by atoms with Gasteiger partial charge in [-0.05, 0) is 22.9 Å². The Balaban J connectivity index is 1.53. The molecule has 3 aliphatic heterocycles. The van der Waals surface area contributed by atoms with E-state index in [9.17, 15) is 9.90 Å². The normalized spacial score (nSPS) is 26.7. The molecule has 0 spiro atoms. The first-order valence-electron chi connectivity index (χ1n) is 9.81. The fourth-order valence-corrected chi connectivity index (χ4v) is 6.39. The molecule has 3 saturated heterocycles. The van der Waals surface area contributed by atoms with Crippen molar-refractivity contribution in [1.82, 2.24) is 0 Å². The van der Waals surface area contributed by atoms with Crippen LogP contribution >= 0.6 is 22.7 Å². The number of fused-ring (bicyclic) bond motifs is 3. The Hall–Kier alpha value is -1.72. The van der Waals surface area contributed by atoms with Crippen molar-refractivity contribution in [3.8, 4) is 6.07 Å². The second kappa shape index (κ2) is 7.96. The van der Waals surface area contributed by atoms with Crippen molar-refractivity contribution in [1.29, 1.82) is 5.26 Å². The molecular formula is C21H25N2O3S2+. The van der Waals surface area contributed by atoms with Gasteiger partial charge in [-0.2, -0.15) is 5.26 Å². The maximum atomic E-state index is 13.3. The van der Waals surface area contributed by atoms with Gasteiger partial charge >= 0.3 is 5.97 Å². The first-order chi connectivity index (χ1) is 13.6. The van der Waals surface area contributed by atoms with E-state index in [4.69, 9.17) is 10.00 Å². The topological polar surface area (TPSA) is 70.3 Å². The van der Waals surface area contributed by atoms with Crippen LogP contribution in [0.25, 0.3) is 0 Å². The summed E-state index contributed by atoms with van der Waals surface area (Å²) < 4.78 is 6.95. The van der Waals surface area contributed by atoms with Gasteiger partial charge in [0, 0.05) is 31.6 Å². The second-order valence-electron chi connectivity index (χ2n) is 7.90. The highest BCUT2D eigenvalue weighted by Gasteiger charge is 2.51. The predicted molar refractivity (Wildman–Crippen MR) is 109 cm³/mol. The fourth-order valence-electron chi connectivity index (χ4n) is 4.68. The lowest BCUT2D eigenvalue weighted by Crippen LogP contribution is -2.65. The first-order valence-corrected chi connectivity index (χ1v) is 11.6. The summed E-state index contributed by atoms with van der Waals surface area (Å²) in [6.45, 7) is 3.97. The van der Waals surface area contributed by atoms with Crippen LogP contribution in [0.3, 0.4) is 0 Å². The van der Waals surface area contributed by atoms with E-state index >= 15 is 0 Å². The zero-order chi connectivity index (χ0) is 19.6. The molecule has 148 valence electrons. The molecule has 28 heavy (non-hydrogen) atoms. The van der Waals surface area contributed by atoms with Gasteiger partial charge in [-0.25, -0.2) is 4.79 Å². The van der Waals surface area contributed by atoms with E-state index < -0.39 is 11.6 Å². The van der Waals surface area contributed by atoms with E-state index in [2.05, 4.69) is 6.07 Å². The highest BCUT2D eigenvalue weighted by atomic mass is 32.1. The number of unbranched alkanes of at least 4 members (excludes halogenated alkanes) is 1. The summed E-state index contributed by atoms with van der Waals surface area (Å²) in [5.41, 5.74) is -1.74. The second-order valence-corrected chi connectivity index (χ2v) is 9.80. The number of ether oxygens (including phenoxy) is 1. The number of quaternary nitrogens is 1. The third-order valence-electron chi connectivity index (χ3n) is 6.27. The molecule has 3 fully saturated rings. The number of carbonyl (C=O) groups is 1. The van der Waals surface area contributed by atoms with Crippen molar-refractivity contribution in [2.75, 3.05) is 26.2 Å². The number of hydrogen-bond donors (Lipinski definition) is 1. The Morgan fingerprint density at radius 3 is 2.43 bits per heavy atom. The third-order valence-corrected chi connectivity index (χ3v) is 8.23. The summed E-state index contributed by atoms with van der Waals surface area (Å²) in [5.74, 6) is -0.192. The third kappa shape index (κ3) is 3.50. The predicted octanol–water partition coefficient (Wildman–Crippen LogP) is 3.50. The minimum atomic E-state index is -1.74. The lowest BCUT2D eigenvalue weighted by Gasteiger charge is -2.52. The van der Waals surface area contributed by atoms with Crippen molar-refractivity contribution < 1.29 is 19.1 Å². The number of rotatable bonds is 7. The SMILES string of the molecule is N#CCCC[N+]12CCC(CC1)[C@@H](OC(=O)C(O)(c1cccs1)c1cccs1)C2. The molecule has 0 amide bonds. The van der Waals surface area contributed by atoms with Gasteiger partial charge in [0.25, 0.3) is 0 Å². The molecule has 0 aromatic carbocycles. The van der Waals surface area contributed by atoms with E-state index in [1.165, 1.54) is 22.7 Å². The lowest BCUT2D eigenvalue weighted by atomic mass is 9.83. The average molecular weight is 418 g/mol. The number of aliphatic hydroxyl groups is 1. The molecule has 2 bridgehead atoms. The van der Waals surface area contributed by atoms with Crippen molar-refractivity contribution in [3.63, 3.8) is 0 Å². The van der Waals surface area contributed by atoms with Crippen LogP contribution in [-0.4, -0.2) is 47.8 Å². The van der Waals surface area contributed by atoms with Crippen LogP contribution in [0, 0.1) is 17.2 Å². The van der Waals surface area contributed by atoms with E-state index in [1.54, 1.807) is 12.1 Å². The van der Waals surface area contributed by atoms with Crippen LogP contribution in [0.15, 0.2) is 35.0 Å². The highest BCUT2D eigenvalue weighted by Crippen LogP contribution is 2.40. The summed E-state index contributed by atoms with van der Waals surface area (Å²) >= 11 is 2.74. The van der Waals surface area contributed by atoms with Crippen molar-refractivity contribution in [3.05, 3.63) is 44.8 Å². The van der Waals surface area contributed by atoms with Crippen LogP contribution in [0.1, 0.15) is 35.4 Å². The zero-order valence-corrected chi connectivity index (χ0v) is 17.4. The Morgan fingerprint density at radius 1 is 1.25 bits per heavy atom. The van der Waals surface area contributed by atoms with Gasteiger partial charge in [0.2, 0.25) is 5.60 Å². The molecule has 2 aromatic rings. The molecule has 5 nitrogen and oxygen atoms in total. The highest BCUT2D eigenvalue weighted by molar-refractivity contribution is 7.12. The standard InChI is InChI=1S/C21H25N2O3S2/c22-9-1-2-10-23-11-7-16(8-12-23)17(15-23)26-20(24)21(25,18-5-3-13-27-18)19-6-4-14-28-19/h3-6,13-14,16-17,25H,1-2,7-8,10-12,15H2/q+1/t16?,17-,23?/m0/s1. The Kier molecular flexibility index (Phi) is 5.57. The minimum Gasteiger partial charge on any atom is -0.453 e. The fraction of sp³-hybridized carbons (Fsp3) is 0.524. The summed E-state index contributed by atoms with van der Waals surface area (Å²) in [6.07, 6.45) is 3.38. The minimum absolute atomic E-state index is 0.163. The number of nitrogens with zero attached hydrogens (tertiary/aromatic N) is 2. The molecule has 0 unspecified atom stereocenters. The number of thiophene rings is 2. The number of esters is 1. The zero-order valence-electron chi connectivity index (χ0n) is 15.8. The van der Waals surface area contributed by atoms with Gasteiger partial charge in [0.15, 0.2) is 6.10 Å². The van der Waals surface area contributed by atoms with Crippen molar-refractivity contribution in [2.45, 2.75) is 37.4 Å². The maximum absolute atomic E-state index is 13.3. The Labute approximate surface area is 173 Å². The average Bonchev–Trinajstić information content (AvgIpc) is 3.43. The number of carbonyl (C=O) groups excluding carboxylic acids is 1. The number of nitriles is 1. The smallest absolute Gasteiger partial charge is 0.349 e. The van der Waals surface area contributed by atoms with Crippen LogP contribution in [-0.2, 0) is 15.1 Å². The van der Waals surface area contributed by atoms with Crippen molar-refractivity contribution in [2.24, 2.45) is 5.92 Å². The monoisotopic (exact) mass is 417 g/mol. The first kappa shape index (κ1) is 19.6. The summed E-state index contributed by atoms with van der Waals surface area (Å²) in [5, 5.41) is 24.0. The number of piperidine rings is 3. The maximum Gasteiger partial charge on any atom is 0.349 e. The van der Waals surface area contributed by atoms with Gasteiger partial charge in [-0.1, -0.05) is 12.1 Å². The Morgan fingerprint density at radius 2 is 1.89 bits per heavy atom. The van der Waals surface area contributed by atoms with E-state index in [1.807, 2.05) is 22.9 Å². The van der Waals surface area contributed by atoms with Crippen LogP contribution in [0.2, 0.25) is 0 Å². The molecule has 0 saturated carbocycles. The summed E-state index contributed by atoms with van der Waals surface area (Å²) in [4.78, 5) is 14.5. The van der Waals surface area contributed by atoms with Gasteiger partial charge in [0.1, 0.15) is 6.54 Å². The van der Waals surface area contributed by atoms with E-state index in [0.717, 1.165) is 49.9 Å². The molecule has 3 aliphatic rings. The van der Waals surface area contributed by atoms with Crippen LogP contribution < -0.4 is 0 Å². The summed E-state index contributed by atoms with van der Waals surface area (Å²) in [7, 11) is 0. The molecule has 1 atom stereocenters. The largest absolute Gasteiger partial charge is 0.453 e. The van der Waals surface area contributed by atoms with Crippen molar-refractivity contribution >= 4 is 28.6 Å². The van der Waals surface area contributed by atoms with Gasteiger partial charge in [-0.15, -0.1) is 22.7 Å². The molecule has 0 aliphatic carbocycles. The molecule has 2 aromatic heterocycles. The molecule has 0 radical (unpaired) electrons. The van der Waals surface area contributed by atoms with Crippen LogP contribution in [0.4, 0.5) is 0 Å². The van der Waals surface area contributed by atoms with Gasteiger partial charge in [0.05, 0.1) is 35.5 Å². The lowest BCUT2D eigenvalue weighted by molar-refractivity contribution is -0.946. The molecular weight excluding hydrogens is 392 g/mol. The molecule has 5 heterocycles. The summed E-state index contributed by atoms with van der Waals surface area (Å²) in [6, 6.07) is 9.49. The Bertz CT molecular complexity index is 799. The quantitative estimate of drug-likeness (QED) is 0.425. The van der Waals surface area contributed by atoms with Gasteiger partial charge in [-0.3, -0.25) is 0 Å². The van der Waals surface area contributed by atoms with Gasteiger partial charge < -0.3 is 14.3 Å². The van der Waals surface area contributed by atoms with E-state index in [-0.39, 0.29) is 6.10 Å². The molecule has 5 rings (SSSR count). The van der Waals surface area contributed by atoms with E-state index in [0.29, 0.717) is 22.1 Å². The molecule has 1 N–H and O–H groups in total.